The molecule has 0 amide bonds. The monoisotopic (exact) mass is 227 g/mol. The summed E-state index contributed by atoms with van der Waals surface area (Å²) in [7, 11) is 0. The summed E-state index contributed by atoms with van der Waals surface area (Å²) < 4.78 is 8.04. The average molecular weight is 227 g/mol. The van der Waals surface area contributed by atoms with Crippen LogP contribution in [0.2, 0.25) is 0 Å². The van der Waals surface area contributed by atoms with E-state index in [2.05, 4.69) is 13.6 Å². The Balaban J connectivity index is 1.94. The fourth-order valence-corrected chi connectivity index (χ4v) is 2.43. The molecule has 0 radical (unpaired) electrons. The number of carbonyl (C=O) groups is 1. The summed E-state index contributed by atoms with van der Waals surface area (Å²) in [5.41, 5.74) is 0.929. The number of likely N-dealkylation sites (tertiary alicyclic amines) is 1. The summed E-state index contributed by atoms with van der Waals surface area (Å²) in [6, 6.07) is 0. The van der Waals surface area contributed by atoms with Crippen molar-refractivity contribution in [1.82, 2.24) is 13.6 Å². The van der Waals surface area contributed by atoms with E-state index in [0.717, 1.165) is 12.2 Å². The van der Waals surface area contributed by atoms with Gasteiger partial charge in [0.1, 0.15) is 0 Å². The van der Waals surface area contributed by atoms with Crippen LogP contribution in [-0.4, -0.2) is 37.8 Å². The number of rotatable bonds is 3. The minimum absolute atomic E-state index is 0.217. The molecule has 2 heterocycles. The Hall–Kier alpha value is -1.01. The fraction of sp³-hybridized carbons (Fsp3) is 0.667. The van der Waals surface area contributed by atoms with Gasteiger partial charge < -0.3 is 5.11 Å². The lowest BCUT2D eigenvalue weighted by atomic mass is 9.99. The number of carboxylic acid groups (broad SMARTS) is 1. The number of carboxylic acids is 1. The number of hydrogen-bond acceptors (Lipinski definition) is 5. The minimum atomic E-state index is -0.693. The van der Waals surface area contributed by atoms with Crippen molar-refractivity contribution in [2.24, 2.45) is 11.8 Å². The molecule has 0 bridgehead atoms. The van der Waals surface area contributed by atoms with Crippen LogP contribution in [0.4, 0.5) is 0 Å². The zero-order chi connectivity index (χ0) is 10.8. The predicted molar refractivity (Wildman–Crippen MR) is 55.5 cm³/mol. The van der Waals surface area contributed by atoms with Gasteiger partial charge in [0, 0.05) is 19.6 Å². The van der Waals surface area contributed by atoms with Crippen molar-refractivity contribution in [3.8, 4) is 0 Å². The van der Waals surface area contributed by atoms with Gasteiger partial charge in [0.25, 0.3) is 0 Å². The first-order chi connectivity index (χ1) is 7.16. The van der Waals surface area contributed by atoms with Gasteiger partial charge in [-0.15, -0.1) is 0 Å². The Morgan fingerprint density at radius 3 is 3.07 bits per heavy atom. The molecule has 15 heavy (non-hydrogen) atoms. The van der Waals surface area contributed by atoms with E-state index in [1.165, 1.54) is 11.7 Å². The van der Waals surface area contributed by atoms with Crippen molar-refractivity contribution in [3.63, 3.8) is 0 Å². The van der Waals surface area contributed by atoms with Crippen LogP contribution in [-0.2, 0) is 11.3 Å². The summed E-state index contributed by atoms with van der Waals surface area (Å²) in [6.45, 7) is 4.14. The molecule has 2 atom stereocenters. The maximum atomic E-state index is 10.9. The quantitative estimate of drug-likeness (QED) is 0.823. The van der Waals surface area contributed by atoms with Gasteiger partial charge in [-0.2, -0.15) is 8.75 Å². The van der Waals surface area contributed by atoms with E-state index in [9.17, 15) is 4.79 Å². The molecular formula is C9H13N3O2S. The average Bonchev–Trinajstić information content (AvgIpc) is 2.75. The van der Waals surface area contributed by atoms with Crippen molar-refractivity contribution >= 4 is 17.7 Å². The topological polar surface area (TPSA) is 66.3 Å². The third kappa shape index (κ3) is 2.32. The van der Waals surface area contributed by atoms with Gasteiger partial charge in [0.15, 0.2) is 0 Å². The summed E-state index contributed by atoms with van der Waals surface area (Å²) in [5, 5.41) is 8.97. The molecule has 0 spiro atoms. The molecule has 1 N–H and O–H groups in total. The van der Waals surface area contributed by atoms with Gasteiger partial charge in [-0.25, -0.2) is 0 Å². The van der Waals surface area contributed by atoms with Crippen LogP contribution in [0.15, 0.2) is 6.20 Å². The Morgan fingerprint density at radius 2 is 2.53 bits per heavy atom. The molecule has 5 nitrogen and oxygen atoms in total. The molecule has 82 valence electrons. The molecule has 0 aliphatic carbocycles. The molecule has 1 fully saturated rings. The molecule has 2 unspecified atom stereocenters. The highest BCUT2D eigenvalue weighted by atomic mass is 32.1. The lowest BCUT2D eigenvalue weighted by molar-refractivity contribution is -0.142. The van der Waals surface area contributed by atoms with Crippen LogP contribution in [0.25, 0.3) is 0 Å². The SMILES string of the molecule is CC1CN(Cc2cnsn2)CC1C(=O)O. The van der Waals surface area contributed by atoms with Crippen molar-refractivity contribution in [2.45, 2.75) is 13.5 Å². The van der Waals surface area contributed by atoms with Crippen molar-refractivity contribution < 1.29 is 9.90 Å². The van der Waals surface area contributed by atoms with Crippen LogP contribution < -0.4 is 0 Å². The molecule has 0 aromatic carbocycles. The lowest BCUT2D eigenvalue weighted by Gasteiger charge is -2.12. The molecule has 6 heteroatoms. The summed E-state index contributed by atoms with van der Waals surface area (Å²) in [5.74, 6) is -0.716. The van der Waals surface area contributed by atoms with E-state index in [4.69, 9.17) is 5.11 Å². The Labute approximate surface area is 92.1 Å². The second-order valence-corrected chi connectivity index (χ2v) is 4.57. The fourth-order valence-electron chi connectivity index (χ4n) is 2.00. The molecule has 1 aliphatic rings. The smallest absolute Gasteiger partial charge is 0.308 e. The van der Waals surface area contributed by atoms with Gasteiger partial charge in [-0.3, -0.25) is 9.69 Å². The van der Waals surface area contributed by atoms with Gasteiger partial charge in [0.2, 0.25) is 0 Å². The van der Waals surface area contributed by atoms with E-state index in [0.29, 0.717) is 13.1 Å². The third-order valence-corrected chi connectivity index (χ3v) is 3.31. The van der Waals surface area contributed by atoms with E-state index < -0.39 is 5.97 Å². The second-order valence-electron chi connectivity index (χ2n) is 4.01. The van der Waals surface area contributed by atoms with Crippen LogP contribution in [0.3, 0.4) is 0 Å². The van der Waals surface area contributed by atoms with E-state index in [-0.39, 0.29) is 11.8 Å². The summed E-state index contributed by atoms with van der Waals surface area (Å²) in [4.78, 5) is 13.0. The zero-order valence-corrected chi connectivity index (χ0v) is 9.28. The highest BCUT2D eigenvalue weighted by Gasteiger charge is 2.34. The largest absolute Gasteiger partial charge is 0.481 e. The number of hydrogen-bond donors (Lipinski definition) is 1. The van der Waals surface area contributed by atoms with Crippen molar-refractivity contribution in [1.29, 1.82) is 0 Å². The number of nitrogens with zero attached hydrogens (tertiary/aromatic N) is 3. The van der Waals surface area contributed by atoms with Gasteiger partial charge >= 0.3 is 5.97 Å². The lowest BCUT2D eigenvalue weighted by Crippen LogP contribution is -2.23. The summed E-state index contributed by atoms with van der Waals surface area (Å²) >= 11 is 1.19. The standard InChI is InChI=1S/C9H13N3O2S/c1-6-3-12(5-8(6)9(13)14)4-7-2-10-15-11-7/h2,6,8H,3-5H2,1H3,(H,13,14). The molecule has 1 aliphatic heterocycles. The highest BCUT2D eigenvalue weighted by molar-refractivity contribution is 6.99. The van der Waals surface area contributed by atoms with E-state index in [1.807, 2.05) is 6.92 Å². The normalized spacial score (nSPS) is 27.0. The third-order valence-electron chi connectivity index (χ3n) is 2.80. The van der Waals surface area contributed by atoms with Crippen molar-refractivity contribution in [3.05, 3.63) is 11.9 Å². The molecular weight excluding hydrogens is 214 g/mol. The van der Waals surface area contributed by atoms with E-state index in [1.54, 1.807) is 6.20 Å². The zero-order valence-electron chi connectivity index (χ0n) is 8.46. The van der Waals surface area contributed by atoms with Crippen LogP contribution in [0.5, 0.6) is 0 Å². The first-order valence-electron chi connectivity index (χ1n) is 4.88. The molecule has 2 rings (SSSR count). The van der Waals surface area contributed by atoms with Crippen LogP contribution in [0, 0.1) is 11.8 Å². The summed E-state index contributed by atoms with van der Waals surface area (Å²) in [6.07, 6.45) is 1.74. The Bertz CT molecular complexity index is 341. The molecule has 1 saturated heterocycles. The van der Waals surface area contributed by atoms with Gasteiger partial charge in [-0.05, 0) is 5.92 Å². The van der Waals surface area contributed by atoms with Crippen LogP contribution >= 0.6 is 11.7 Å². The Kier molecular flexibility index (Phi) is 2.97. The maximum Gasteiger partial charge on any atom is 0.308 e. The molecule has 1 aromatic heterocycles. The Morgan fingerprint density at radius 1 is 1.73 bits per heavy atom. The van der Waals surface area contributed by atoms with Gasteiger partial charge in [-0.1, -0.05) is 6.92 Å². The minimum Gasteiger partial charge on any atom is -0.481 e. The predicted octanol–water partition coefficient (Wildman–Crippen LogP) is 0.691. The van der Waals surface area contributed by atoms with E-state index >= 15 is 0 Å². The van der Waals surface area contributed by atoms with Crippen molar-refractivity contribution in [2.75, 3.05) is 13.1 Å². The molecule has 1 aromatic rings. The van der Waals surface area contributed by atoms with Gasteiger partial charge in [0.05, 0.1) is 29.5 Å². The molecule has 0 saturated carbocycles. The maximum absolute atomic E-state index is 10.9. The first kappa shape index (κ1) is 10.5. The first-order valence-corrected chi connectivity index (χ1v) is 5.61. The second kappa shape index (κ2) is 4.24. The highest BCUT2D eigenvalue weighted by Crippen LogP contribution is 2.24. The van der Waals surface area contributed by atoms with Crippen LogP contribution in [0.1, 0.15) is 12.6 Å². The number of aromatic nitrogens is 2. The number of aliphatic carboxylic acids is 1.